The molecule has 4 atom stereocenters. The molecule has 0 N–H and O–H groups in total. The molecule has 29 heavy (non-hydrogen) atoms. The van der Waals surface area contributed by atoms with Gasteiger partial charge in [0, 0.05) is 26.2 Å². The minimum atomic E-state index is -3.98. The molecule has 0 spiro atoms. The molecule has 11 heteroatoms. The van der Waals surface area contributed by atoms with Crippen molar-refractivity contribution in [1.82, 2.24) is 8.61 Å². The number of ether oxygens (including phenoxy) is 2. The molecule has 0 bridgehead atoms. The van der Waals surface area contributed by atoms with Gasteiger partial charge in [-0.05, 0) is 45.9 Å². The quantitative estimate of drug-likeness (QED) is 0.673. The molecule has 0 radical (unpaired) electrons. The number of halogens is 1. The van der Waals surface area contributed by atoms with Gasteiger partial charge in [-0.3, -0.25) is 0 Å². The third-order valence-corrected chi connectivity index (χ3v) is 9.07. The van der Waals surface area contributed by atoms with Crippen LogP contribution in [-0.4, -0.2) is 76.0 Å². The predicted molar refractivity (Wildman–Crippen MR) is 109 cm³/mol. The highest BCUT2D eigenvalue weighted by Gasteiger charge is 2.36. The first kappa shape index (κ1) is 22.9. The molecule has 3 rings (SSSR count). The van der Waals surface area contributed by atoms with E-state index in [0.717, 1.165) is 6.07 Å². The van der Waals surface area contributed by atoms with Gasteiger partial charge in [-0.15, -0.1) is 0 Å². The SMILES string of the molecule is C[C@H]1CN(S(=O)(=O)c2ccc(Cl)c(S(=O)(=O)N3C[C@H](C)O[C@@H](C)C3)c2)C[C@H](C)O1. The standard InChI is InChI=1S/C18H27ClN2O6S2/c1-12-8-20(9-13(2)26-12)28(22,23)16-5-6-17(19)18(7-16)29(24,25)21-10-14(3)27-15(4)11-21/h5-7,12-15H,8-11H2,1-4H3/t12-,13-,14-,15-/m0/s1. The Morgan fingerprint density at radius 2 is 1.21 bits per heavy atom. The van der Waals surface area contributed by atoms with E-state index in [1.54, 1.807) is 27.7 Å². The molecular weight excluding hydrogens is 440 g/mol. The fourth-order valence-electron chi connectivity index (χ4n) is 3.78. The lowest BCUT2D eigenvalue weighted by molar-refractivity contribution is -0.0441. The molecule has 1 aromatic carbocycles. The van der Waals surface area contributed by atoms with Crippen molar-refractivity contribution in [1.29, 1.82) is 0 Å². The Labute approximate surface area is 177 Å². The van der Waals surface area contributed by atoms with Crippen molar-refractivity contribution in [3.63, 3.8) is 0 Å². The van der Waals surface area contributed by atoms with Crippen molar-refractivity contribution in [2.75, 3.05) is 26.2 Å². The smallest absolute Gasteiger partial charge is 0.244 e. The van der Waals surface area contributed by atoms with Gasteiger partial charge < -0.3 is 9.47 Å². The van der Waals surface area contributed by atoms with Gasteiger partial charge in [0.2, 0.25) is 20.0 Å². The fraction of sp³-hybridized carbons (Fsp3) is 0.667. The van der Waals surface area contributed by atoms with Crippen molar-refractivity contribution >= 4 is 31.6 Å². The van der Waals surface area contributed by atoms with Crippen LogP contribution in [0, 0.1) is 0 Å². The van der Waals surface area contributed by atoms with Gasteiger partial charge in [0.05, 0.1) is 34.3 Å². The van der Waals surface area contributed by atoms with Gasteiger partial charge >= 0.3 is 0 Å². The van der Waals surface area contributed by atoms with E-state index in [2.05, 4.69) is 0 Å². The zero-order valence-electron chi connectivity index (χ0n) is 16.9. The average molecular weight is 467 g/mol. The molecule has 0 aromatic heterocycles. The second kappa shape index (κ2) is 8.41. The molecule has 2 heterocycles. The Morgan fingerprint density at radius 3 is 1.66 bits per heavy atom. The average Bonchev–Trinajstić information content (AvgIpc) is 2.60. The number of morpholine rings is 2. The highest BCUT2D eigenvalue weighted by atomic mass is 35.5. The summed E-state index contributed by atoms with van der Waals surface area (Å²) in [6.07, 6.45) is -1.04. The lowest BCUT2D eigenvalue weighted by Crippen LogP contribution is -2.48. The molecule has 2 aliphatic rings. The van der Waals surface area contributed by atoms with Gasteiger partial charge in [0.1, 0.15) is 4.90 Å². The molecule has 1 aromatic rings. The van der Waals surface area contributed by atoms with E-state index in [-0.39, 0.29) is 65.4 Å². The van der Waals surface area contributed by atoms with E-state index >= 15 is 0 Å². The Bertz CT molecular complexity index is 949. The van der Waals surface area contributed by atoms with Gasteiger partial charge in [-0.25, -0.2) is 16.8 Å². The number of hydrogen-bond acceptors (Lipinski definition) is 6. The Kier molecular flexibility index (Phi) is 6.65. The molecular formula is C18H27ClN2O6S2. The minimum Gasteiger partial charge on any atom is -0.373 e. The monoisotopic (exact) mass is 466 g/mol. The lowest BCUT2D eigenvalue weighted by atomic mass is 10.3. The zero-order valence-corrected chi connectivity index (χ0v) is 19.3. The van der Waals surface area contributed by atoms with Crippen LogP contribution in [0.1, 0.15) is 27.7 Å². The van der Waals surface area contributed by atoms with Gasteiger partial charge in [-0.2, -0.15) is 8.61 Å². The summed E-state index contributed by atoms with van der Waals surface area (Å²) in [6, 6.07) is 3.82. The number of rotatable bonds is 4. The highest BCUT2D eigenvalue weighted by Crippen LogP contribution is 2.31. The highest BCUT2D eigenvalue weighted by molar-refractivity contribution is 7.90. The third kappa shape index (κ3) is 4.79. The predicted octanol–water partition coefficient (Wildman–Crippen LogP) is 1.94. The number of benzene rings is 1. The molecule has 0 unspecified atom stereocenters. The van der Waals surface area contributed by atoms with Crippen molar-refractivity contribution in [2.24, 2.45) is 0 Å². The molecule has 2 saturated heterocycles. The summed E-state index contributed by atoms with van der Waals surface area (Å²) >= 11 is 6.19. The molecule has 2 fully saturated rings. The lowest BCUT2D eigenvalue weighted by Gasteiger charge is -2.35. The zero-order chi connectivity index (χ0) is 21.6. The van der Waals surface area contributed by atoms with Crippen LogP contribution < -0.4 is 0 Å². The fourth-order valence-corrected chi connectivity index (χ4v) is 7.57. The summed E-state index contributed by atoms with van der Waals surface area (Å²) in [5.41, 5.74) is 0. The summed E-state index contributed by atoms with van der Waals surface area (Å²) in [7, 11) is -7.87. The largest absolute Gasteiger partial charge is 0.373 e. The van der Waals surface area contributed by atoms with Crippen LogP contribution in [0.4, 0.5) is 0 Å². The Morgan fingerprint density at radius 1 is 0.793 bits per heavy atom. The van der Waals surface area contributed by atoms with Crippen molar-refractivity contribution in [3.05, 3.63) is 23.2 Å². The van der Waals surface area contributed by atoms with E-state index in [4.69, 9.17) is 21.1 Å². The summed E-state index contributed by atoms with van der Waals surface area (Å²) in [4.78, 5) is -0.313. The van der Waals surface area contributed by atoms with E-state index in [0.29, 0.717) is 0 Å². The van der Waals surface area contributed by atoms with Crippen molar-refractivity contribution in [3.8, 4) is 0 Å². The van der Waals surface area contributed by atoms with Crippen molar-refractivity contribution in [2.45, 2.75) is 61.9 Å². The summed E-state index contributed by atoms with van der Waals surface area (Å²) in [5.74, 6) is 0. The second-order valence-electron chi connectivity index (χ2n) is 7.75. The van der Waals surface area contributed by atoms with Gasteiger partial charge in [-0.1, -0.05) is 11.6 Å². The van der Waals surface area contributed by atoms with Crippen LogP contribution in [0.15, 0.2) is 28.0 Å². The molecule has 0 amide bonds. The van der Waals surface area contributed by atoms with Crippen LogP contribution in [0.5, 0.6) is 0 Å². The maximum absolute atomic E-state index is 13.2. The van der Waals surface area contributed by atoms with E-state index in [1.807, 2.05) is 0 Å². The molecule has 0 saturated carbocycles. The minimum absolute atomic E-state index is 0.0144. The summed E-state index contributed by atoms with van der Waals surface area (Å²) < 4.78 is 66.6. The number of sulfonamides is 2. The summed E-state index contributed by atoms with van der Waals surface area (Å²) in [5, 5.41) is -0.0144. The number of hydrogen-bond donors (Lipinski definition) is 0. The normalized spacial score (nSPS) is 30.4. The maximum atomic E-state index is 13.2. The molecule has 0 aliphatic carbocycles. The molecule has 2 aliphatic heterocycles. The van der Waals surface area contributed by atoms with E-state index in [9.17, 15) is 16.8 Å². The van der Waals surface area contributed by atoms with Crippen LogP contribution >= 0.6 is 11.6 Å². The van der Waals surface area contributed by atoms with Crippen LogP contribution in [0.2, 0.25) is 5.02 Å². The maximum Gasteiger partial charge on any atom is 0.244 e. The molecule has 8 nitrogen and oxygen atoms in total. The van der Waals surface area contributed by atoms with Crippen molar-refractivity contribution < 1.29 is 26.3 Å². The van der Waals surface area contributed by atoms with Crippen LogP contribution in [0.3, 0.4) is 0 Å². The Balaban J connectivity index is 1.97. The van der Waals surface area contributed by atoms with Gasteiger partial charge in [0.15, 0.2) is 0 Å². The van der Waals surface area contributed by atoms with Crippen LogP contribution in [-0.2, 0) is 29.5 Å². The Hall–Kier alpha value is -0.750. The molecule has 164 valence electrons. The first-order valence-electron chi connectivity index (χ1n) is 9.52. The van der Waals surface area contributed by atoms with E-state index < -0.39 is 20.0 Å². The first-order valence-corrected chi connectivity index (χ1v) is 12.8. The first-order chi connectivity index (χ1) is 13.4. The number of nitrogens with zero attached hydrogens (tertiary/aromatic N) is 2. The van der Waals surface area contributed by atoms with E-state index in [1.165, 1.54) is 20.7 Å². The topological polar surface area (TPSA) is 93.2 Å². The summed E-state index contributed by atoms with van der Waals surface area (Å²) in [6.45, 7) is 7.96. The van der Waals surface area contributed by atoms with Crippen LogP contribution in [0.25, 0.3) is 0 Å². The van der Waals surface area contributed by atoms with Gasteiger partial charge in [0.25, 0.3) is 0 Å². The third-order valence-electron chi connectivity index (χ3n) is 4.93. The second-order valence-corrected chi connectivity index (χ2v) is 12.0.